The topological polar surface area (TPSA) is 117 Å². The fourth-order valence-electron chi connectivity index (χ4n) is 5.04. The van der Waals surface area contributed by atoms with Crippen molar-refractivity contribution in [3.05, 3.63) is 102 Å². The molecular formula is C34H43IN2O7SSi. The van der Waals surface area contributed by atoms with Gasteiger partial charge in [-0.2, -0.15) is 0 Å². The Kier molecular flexibility index (Phi) is 11.0. The Bertz CT molecular complexity index is 1700. The molecule has 0 bridgehead atoms. The second kappa shape index (κ2) is 13.9. The molecule has 3 aromatic rings. The van der Waals surface area contributed by atoms with Crippen LogP contribution < -0.4 is 11.2 Å². The fourth-order valence-corrected chi connectivity index (χ4v) is 8.64. The predicted octanol–water partition coefficient (Wildman–Crippen LogP) is 6.59. The van der Waals surface area contributed by atoms with Crippen molar-refractivity contribution in [3.63, 3.8) is 0 Å². The molecule has 0 saturated carbocycles. The van der Waals surface area contributed by atoms with E-state index in [4.69, 9.17) is 13.9 Å². The van der Waals surface area contributed by atoms with E-state index in [2.05, 4.69) is 81.4 Å². The molecule has 0 radical (unpaired) electrons. The number of rotatable bonds is 10. The van der Waals surface area contributed by atoms with Gasteiger partial charge in [-0.05, 0) is 71.4 Å². The summed E-state index contributed by atoms with van der Waals surface area (Å²) in [4.78, 5) is 55.4. The quantitative estimate of drug-likeness (QED) is 0.139. The maximum Gasteiger partial charge on any atom is 0.338 e. The van der Waals surface area contributed by atoms with E-state index in [0.717, 1.165) is 20.9 Å². The Morgan fingerprint density at radius 1 is 1.07 bits per heavy atom. The molecule has 1 fully saturated rings. The number of hydrogen-bond donors (Lipinski definition) is 1. The molecular weight excluding hydrogens is 735 g/mol. The van der Waals surface area contributed by atoms with Gasteiger partial charge in [0.05, 0.1) is 11.7 Å². The molecule has 2 aromatic carbocycles. The van der Waals surface area contributed by atoms with E-state index >= 15 is 0 Å². The normalized spacial score (nSPS) is 20.5. The van der Waals surface area contributed by atoms with Crippen molar-refractivity contribution in [3.8, 4) is 0 Å². The number of carbonyl (C=O) groups is 2. The van der Waals surface area contributed by atoms with Crippen molar-refractivity contribution in [2.75, 3.05) is 12.4 Å². The van der Waals surface area contributed by atoms with Gasteiger partial charge in [0.15, 0.2) is 13.9 Å². The van der Waals surface area contributed by atoms with Gasteiger partial charge in [-0.15, -0.1) is 0 Å². The number of aryl methyl sites for hydroxylation is 1. The van der Waals surface area contributed by atoms with Gasteiger partial charge in [0.25, 0.3) is 5.56 Å². The summed E-state index contributed by atoms with van der Waals surface area (Å²) in [7, 11) is -2.54. The van der Waals surface area contributed by atoms with Crippen LogP contribution in [0.25, 0.3) is 0 Å². The summed E-state index contributed by atoms with van der Waals surface area (Å²) in [5, 5.41) is -0.571. The number of aromatic nitrogens is 2. The largest absolute Gasteiger partial charge is 0.458 e. The lowest BCUT2D eigenvalue weighted by molar-refractivity contribution is -0.154. The highest BCUT2D eigenvalue weighted by atomic mass is 127. The van der Waals surface area contributed by atoms with E-state index in [1.54, 1.807) is 37.3 Å². The number of ether oxygens (including phenoxy) is 2. The van der Waals surface area contributed by atoms with Gasteiger partial charge in [0.1, 0.15) is 12.8 Å². The monoisotopic (exact) mass is 778 g/mol. The van der Waals surface area contributed by atoms with Gasteiger partial charge in [-0.3, -0.25) is 19.1 Å². The zero-order chi connectivity index (χ0) is 34.1. The maximum absolute atomic E-state index is 14.6. The lowest BCUT2D eigenvalue weighted by Gasteiger charge is -2.42. The number of aromatic amines is 1. The van der Waals surface area contributed by atoms with Gasteiger partial charge in [-0.25, -0.2) is 9.59 Å². The minimum atomic E-state index is -2.54. The molecule has 46 heavy (non-hydrogen) atoms. The first-order chi connectivity index (χ1) is 21.4. The third-order valence-corrected chi connectivity index (χ3v) is 15.8. The van der Waals surface area contributed by atoms with Crippen LogP contribution in [0, 0.1) is 10.5 Å². The number of benzene rings is 2. The molecule has 248 valence electrons. The number of carbonyl (C=O) groups excluding carboxylic acids is 2. The summed E-state index contributed by atoms with van der Waals surface area (Å²) < 4.78 is 21.8. The van der Waals surface area contributed by atoms with Gasteiger partial charge in [0, 0.05) is 32.9 Å². The summed E-state index contributed by atoms with van der Waals surface area (Å²) in [6, 6.07) is 16.6. The van der Waals surface area contributed by atoms with Crippen molar-refractivity contribution in [2.45, 2.75) is 89.4 Å². The molecule has 9 nitrogen and oxygen atoms in total. The van der Waals surface area contributed by atoms with Crippen molar-refractivity contribution in [1.82, 2.24) is 9.55 Å². The van der Waals surface area contributed by atoms with E-state index in [0.29, 0.717) is 16.9 Å². The number of esters is 1. The highest BCUT2D eigenvalue weighted by Crippen LogP contribution is 2.47. The SMILES string of the molecule is Cc1cn([C@H]2C[C@H](O[Si](C)(C)C(C)(C)C)[C@](COC(=O)c3ccccc3)(C(=O)SCC(C)(C)c3ccccc3I)O2)c(=O)[nH]c1=O. The van der Waals surface area contributed by atoms with E-state index in [9.17, 15) is 19.2 Å². The Labute approximate surface area is 289 Å². The second-order valence-electron chi connectivity index (χ2n) is 13.9. The van der Waals surface area contributed by atoms with Crippen LogP contribution in [0.1, 0.15) is 68.8 Å². The predicted molar refractivity (Wildman–Crippen MR) is 192 cm³/mol. The molecule has 0 unspecified atom stereocenters. The summed E-state index contributed by atoms with van der Waals surface area (Å²) in [6.45, 7) is 15.8. The Hall–Kier alpha value is -2.52. The number of nitrogens with zero attached hydrogens (tertiary/aromatic N) is 1. The molecule has 1 aliphatic rings. The van der Waals surface area contributed by atoms with Crippen LogP contribution in [-0.4, -0.2) is 53.0 Å². The maximum atomic E-state index is 14.6. The van der Waals surface area contributed by atoms with Crippen LogP contribution in [0.4, 0.5) is 0 Å². The van der Waals surface area contributed by atoms with Crippen LogP contribution in [0.15, 0.2) is 70.4 Å². The lowest BCUT2D eigenvalue weighted by atomic mass is 9.87. The van der Waals surface area contributed by atoms with Gasteiger partial charge in [-0.1, -0.05) is 82.8 Å². The summed E-state index contributed by atoms with van der Waals surface area (Å²) in [5.41, 5.74) is -1.53. The first kappa shape index (κ1) is 36.3. The molecule has 1 saturated heterocycles. The van der Waals surface area contributed by atoms with Crippen molar-refractivity contribution >= 4 is 53.8 Å². The van der Waals surface area contributed by atoms with Crippen LogP contribution in [0.3, 0.4) is 0 Å². The van der Waals surface area contributed by atoms with E-state index < -0.39 is 50.1 Å². The first-order valence-corrected chi connectivity index (χ1v) is 20.2. The Balaban J connectivity index is 1.78. The zero-order valence-corrected chi connectivity index (χ0v) is 31.6. The first-order valence-electron chi connectivity index (χ1n) is 15.2. The summed E-state index contributed by atoms with van der Waals surface area (Å²) >= 11 is 3.41. The molecule has 0 spiro atoms. The van der Waals surface area contributed by atoms with Crippen LogP contribution >= 0.6 is 34.4 Å². The second-order valence-corrected chi connectivity index (χ2v) is 20.8. The lowest BCUT2D eigenvalue weighted by Crippen LogP contribution is -2.56. The average molecular weight is 779 g/mol. The fraction of sp³-hybridized carbons (Fsp3) is 0.471. The minimum Gasteiger partial charge on any atom is -0.458 e. The third-order valence-electron chi connectivity index (χ3n) is 8.92. The molecule has 1 aromatic heterocycles. The van der Waals surface area contributed by atoms with Crippen LogP contribution in [0.5, 0.6) is 0 Å². The van der Waals surface area contributed by atoms with Gasteiger partial charge < -0.3 is 13.9 Å². The molecule has 1 N–H and O–H groups in total. The number of thioether (sulfide) groups is 1. The minimum absolute atomic E-state index is 0.132. The number of H-pyrrole nitrogens is 1. The molecule has 1 aliphatic heterocycles. The smallest absolute Gasteiger partial charge is 0.338 e. The van der Waals surface area contributed by atoms with E-state index in [1.807, 2.05) is 18.2 Å². The van der Waals surface area contributed by atoms with Gasteiger partial charge in [0.2, 0.25) is 5.12 Å². The molecule has 0 amide bonds. The highest BCUT2D eigenvalue weighted by molar-refractivity contribution is 14.1. The Morgan fingerprint density at radius 2 is 1.70 bits per heavy atom. The van der Waals surface area contributed by atoms with Crippen molar-refractivity contribution < 1.29 is 23.5 Å². The van der Waals surface area contributed by atoms with E-state index in [1.165, 1.54) is 10.8 Å². The van der Waals surface area contributed by atoms with E-state index in [-0.39, 0.29) is 22.0 Å². The van der Waals surface area contributed by atoms with Crippen molar-refractivity contribution in [1.29, 1.82) is 0 Å². The number of nitrogens with one attached hydrogen (secondary N) is 1. The Morgan fingerprint density at radius 3 is 2.33 bits per heavy atom. The summed E-state index contributed by atoms with van der Waals surface area (Å²) in [5.74, 6) is -0.189. The van der Waals surface area contributed by atoms with Crippen LogP contribution in [0.2, 0.25) is 18.1 Å². The number of halogens is 1. The average Bonchev–Trinajstić information content (AvgIpc) is 3.34. The third kappa shape index (κ3) is 7.78. The van der Waals surface area contributed by atoms with Gasteiger partial charge >= 0.3 is 11.7 Å². The summed E-state index contributed by atoms with van der Waals surface area (Å²) in [6.07, 6.45) is -0.242. The van der Waals surface area contributed by atoms with Crippen molar-refractivity contribution in [2.24, 2.45) is 0 Å². The number of hydrogen-bond acceptors (Lipinski definition) is 8. The highest BCUT2D eigenvalue weighted by Gasteiger charge is 2.59. The molecule has 3 atom stereocenters. The molecule has 0 aliphatic carbocycles. The van der Waals surface area contributed by atoms with Crippen LogP contribution in [-0.2, 0) is 24.1 Å². The zero-order valence-electron chi connectivity index (χ0n) is 27.6. The standard InChI is InChI=1S/C34H43IN2O7SSi/c1-22-19-37(31(41)36-28(22)38)27-18-26(44-46(7,8)32(2,3)4)34(43-27,20-42-29(39)23-14-10-9-11-15-23)30(40)45-21-33(5,6)24-16-12-13-17-25(24)35/h9-17,19,26-27H,18,20-21H2,1-8H3,(H,36,38,41)/t26-,27+,34+/m0/s1. The molecule has 12 heteroatoms. The molecule has 4 rings (SSSR count). The molecule has 2 heterocycles.